The Hall–Kier alpha value is -1.61. The lowest BCUT2D eigenvalue weighted by Crippen LogP contribution is -2.39. The van der Waals surface area contributed by atoms with Gasteiger partial charge in [-0.05, 0) is 49.7 Å². The number of fused-ring (bicyclic) bond motifs is 1. The summed E-state index contributed by atoms with van der Waals surface area (Å²) < 4.78 is 21.5. The van der Waals surface area contributed by atoms with Crippen molar-refractivity contribution in [1.82, 2.24) is 19.6 Å². The number of carbonyl (C=O) groups is 1. The lowest BCUT2D eigenvalue weighted by atomic mass is 10.1. The quantitative estimate of drug-likeness (QED) is 0.689. The monoisotopic (exact) mass is 404 g/mol. The highest BCUT2D eigenvalue weighted by molar-refractivity contribution is 8.24. The third-order valence-electron chi connectivity index (χ3n) is 6.23. The van der Waals surface area contributed by atoms with E-state index in [1.54, 1.807) is 0 Å². The molecule has 3 N–H and O–H groups in total. The van der Waals surface area contributed by atoms with Crippen LogP contribution in [-0.4, -0.2) is 59.9 Å². The smallest absolute Gasteiger partial charge is 0.287 e. The molecule has 0 radical (unpaired) electrons. The molecule has 2 aromatic heterocycles. The fraction of sp³-hybridized carbons (Fsp3) is 0.600. The van der Waals surface area contributed by atoms with Crippen LogP contribution in [0, 0.1) is 11.8 Å². The number of nitrogens with zero attached hydrogens (tertiary/aromatic N) is 3. The molecule has 1 saturated heterocycles. The zero-order valence-electron chi connectivity index (χ0n) is 16.0. The van der Waals surface area contributed by atoms with E-state index in [0.29, 0.717) is 54.8 Å². The SMILES string of the molecule is O=C(NC(C1CC1)C1CC1)c1nc(CN2CCS(O)(O)CC2)c2ccccn12. The molecule has 0 unspecified atom stereocenters. The van der Waals surface area contributed by atoms with Crippen LogP contribution in [0.3, 0.4) is 0 Å². The van der Waals surface area contributed by atoms with Gasteiger partial charge in [-0.3, -0.25) is 23.2 Å². The van der Waals surface area contributed by atoms with E-state index in [9.17, 15) is 13.9 Å². The number of nitrogens with one attached hydrogen (secondary N) is 1. The Morgan fingerprint density at radius 1 is 1.18 bits per heavy atom. The van der Waals surface area contributed by atoms with Gasteiger partial charge in [0.2, 0.25) is 5.82 Å². The first-order valence-electron chi connectivity index (χ1n) is 10.2. The van der Waals surface area contributed by atoms with E-state index in [2.05, 4.69) is 10.2 Å². The van der Waals surface area contributed by atoms with Crippen LogP contribution in [0.4, 0.5) is 0 Å². The minimum Gasteiger partial charge on any atom is -0.346 e. The molecular formula is C20H28N4O3S. The Labute approximate surface area is 166 Å². The molecule has 0 atom stereocenters. The van der Waals surface area contributed by atoms with Crippen molar-refractivity contribution in [3.63, 3.8) is 0 Å². The van der Waals surface area contributed by atoms with Gasteiger partial charge in [-0.2, -0.15) is 10.6 Å². The lowest BCUT2D eigenvalue weighted by Gasteiger charge is -2.40. The zero-order chi connectivity index (χ0) is 19.3. The van der Waals surface area contributed by atoms with Gasteiger partial charge in [-0.25, -0.2) is 4.98 Å². The maximum Gasteiger partial charge on any atom is 0.287 e. The first-order valence-corrected chi connectivity index (χ1v) is 12.1. The summed E-state index contributed by atoms with van der Waals surface area (Å²) in [5.41, 5.74) is 1.82. The Kier molecular flexibility index (Phi) is 4.62. The zero-order valence-corrected chi connectivity index (χ0v) is 16.8. The first-order chi connectivity index (χ1) is 13.5. The number of rotatable bonds is 6. The van der Waals surface area contributed by atoms with Crippen LogP contribution < -0.4 is 5.32 Å². The minimum atomic E-state index is -2.41. The maximum absolute atomic E-state index is 13.1. The molecule has 3 heterocycles. The van der Waals surface area contributed by atoms with Gasteiger partial charge in [0, 0.05) is 31.9 Å². The molecule has 0 aromatic carbocycles. The van der Waals surface area contributed by atoms with Crippen molar-refractivity contribution >= 4 is 22.0 Å². The number of carbonyl (C=O) groups excluding carboxylic acids is 1. The molecule has 152 valence electrons. The highest BCUT2D eigenvalue weighted by Gasteiger charge is 2.42. The van der Waals surface area contributed by atoms with Crippen LogP contribution in [0.1, 0.15) is 42.0 Å². The highest BCUT2D eigenvalue weighted by Crippen LogP contribution is 2.44. The van der Waals surface area contributed by atoms with E-state index < -0.39 is 10.6 Å². The van der Waals surface area contributed by atoms with Crippen molar-refractivity contribution in [3.05, 3.63) is 35.9 Å². The fourth-order valence-electron chi connectivity index (χ4n) is 4.26. The van der Waals surface area contributed by atoms with Crippen molar-refractivity contribution < 1.29 is 13.9 Å². The second-order valence-electron chi connectivity index (χ2n) is 8.50. The van der Waals surface area contributed by atoms with Gasteiger partial charge in [0.15, 0.2) is 0 Å². The molecule has 8 heteroatoms. The summed E-state index contributed by atoms with van der Waals surface area (Å²) in [5, 5.41) is 3.28. The fourth-order valence-corrected chi connectivity index (χ4v) is 5.57. The van der Waals surface area contributed by atoms with E-state index in [4.69, 9.17) is 4.98 Å². The van der Waals surface area contributed by atoms with Gasteiger partial charge >= 0.3 is 0 Å². The van der Waals surface area contributed by atoms with E-state index >= 15 is 0 Å². The van der Waals surface area contributed by atoms with Crippen molar-refractivity contribution in [1.29, 1.82) is 0 Å². The van der Waals surface area contributed by atoms with Gasteiger partial charge in [-0.15, -0.1) is 0 Å². The third-order valence-corrected chi connectivity index (χ3v) is 7.90. The summed E-state index contributed by atoms with van der Waals surface area (Å²) in [7, 11) is -2.41. The van der Waals surface area contributed by atoms with Crippen molar-refractivity contribution in [2.45, 2.75) is 38.3 Å². The molecule has 7 nitrogen and oxygen atoms in total. The number of pyridine rings is 1. The van der Waals surface area contributed by atoms with Gasteiger partial charge in [0.05, 0.1) is 22.7 Å². The second-order valence-corrected chi connectivity index (χ2v) is 10.9. The summed E-state index contributed by atoms with van der Waals surface area (Å²) >= 11 is 0. The average Bonchev–Trinajstić information content (AvgIpc) is 3.59. The molecule has 2 saturated carbocycles. The molecule has 0 bridgehead atoms. The van der Waals surface area contributed by atoms with Gasteiger partial charge < -0.3 is 5.32 Å². The van der Waals surface area contributed by atoms with Gasteiger partial charge in [0.25, 0.3) is 5.91 Å². The summed E-state index contributed by atoms with van der Waals surface area (Å²) in [4.78, 5) is 20.0. The number of amides is 1. The van der Waals surface area contributed by atoms with E-state index in [1.165, 1.54) is 25.7 Å². The molecule has 1 aliphatic heterocycles. The molecule has 3 aliphatic rings. The highest BCUT2D eigenvalue weighted by atomic mass is 32.3. The predicted octanol–water partition coefficient (Wildman–Crippen LogP) is 2.82. The van der Waals surface area contributed by atoms with Crippen LogP contribution in [0.5, 0.6) is 0 Å². The maximum atomic E-state index is 13.1. The first kappa shape index (κ1) is 18.4. The topological polar surface area (TPSA) is 90.1 Å². The van der Waals surface area contributed by atoms with Crippen LogP contribution >= 0.6 is 10.6 Å². The van der Waals surface area contributed by atoms with E-state index in [-0.39, 0.29) is 5.91 Å². The van der Waals surface area contributed by atoms with E-state index in [1.807, 2.05) is 28.8 Å². The van der Waals surface area contributed by atoms with Crippen LogP contribution in [0.25, 0.3) is 5.52 Å². The van der Waals surface area contributed by atoms with E-state index in [0.717, 1.165) is 11.2 Å². The minimum absolute atomic E-state index is 0.0796. The summed E-state index contributed by atoms with van der Waals surface area (Å²) in [5.74, 6) is 2.50. The van der Waals surface area contributed by atoms with Crippen molar-refractivity contribution in [2.75, 3.05) is 24.6 Å². The van der Waals surface area contributed by atoms with Crippen molar-refractivity contribution in [2.24, 2.45) is 11.8 Å². The molecular weight excluding hydrogens is 376 g/mol. The summed E-state index contributed by atoms with van der Waals surface area (Å²) in [6.07, 6.45) is 6.80. The Morgan fingerprint density at radius 2 is 1.86 bits per heavy atom. The van der Waals surface area contributed by atoms with Gasteiger partial charge in [-0.1, -0.05) is 6.07 Å². The summed E-state index contributed by atoms with van der Waals surface area (Å²) in [6.45, 7) is 1.90. The normalized spacial score (nSPS) is 23.8. The number of hydrogen-bond acceptors (Lipinski definition) is 5. The largest absolute Gasteiger partial charge is 0.346 e. The molecule has 2 aromatic rings. The lowest BCUT2D eigenvalue weighted by molar-refractivity contribution is 0.0915. The van der Waals surface area contributed by atoms with Crippen LogP contribution in [-0.2, 0) is 6.54 Å². The molecule has 1 amide bonds. The number of imidazole rings is 1. The Morgan fingerprint density at radius 3 is 2.50 bits per heavy atom. The molecule has 3 fully saturated rings. The summed E-state index contributed by atoms with van der Waals surface area (Å²) in [6, 6.07) is 6.19. The van der Waals surface area contributed by atoms with Crippen LogP contribution in [0.2, 0.25) is 0 Å². The average molecular weight is 405 g/mol. The molecule has 2 aliphatic carbocycles. The van der Waals surface area contributed by atoms with Crippen molar-refractivity contribution in [3.8, 4) is 0 Å². The standard InChI is InChI=1S/C20H28N4O3S/c25-20(22-18(14-4-5-14)15-6-7-15)19-21-16(17-3-1-2-8-24(17)19)13-23-9-11-28(26,27)12-10-23/h1-3,8,14-15,18,26-27H,4-7,9-13H2,(H,22,25). The second kappa shape index (κ2) is 7.02. The Bertz CT molecular complexity index is 869. The molecule has 5 rings (SSSR count). The number of hydrogen-bond donors (Lipinski definition) is 3. The Balaban J connectivity index is 1.36. The predicted molar refractivity (Wildman–Crippen MR) is 110 cm³/mol. The third kappa shape index (κ3) is 3.78. The molecule has 28 heavy (non-hydrogen) atoms. The molecule has 0 spiro atoms. The van der Waals surface area contributed by atoms with Crippen LogP contribution in [0.15, 0.2) is 24.4 Å². The van der Waals surface area contributed by atoms with Gasteiger partial charge in [0.1, 0.15) is 0 Å². The number of aromatic nitrogens is 2.